The number of ether oxygens (including phenoxy) is 1. The number of guanidine groups is 1. The molecule has 1 aromatic rings. The van der Waals surface area contributed by atoms with E-state index < -0.39 is 0 Å². The molecule has 7 heteroatoms. The molecule has 0 spiro atoms. The van der Waals surface area contributed by atoms with Crippen molar-refractivity contribution in [2.45, 2.75) is 19.4 Å². The molecule has 2 rings (SSSR count). The van der Waals surface area contributed by atoms with Crippen molar-refractivity contribution in [3.05, 3.63) is 34.9 Å². The maximum absolute atomic E-state index is 9.25. The summed E-state index contributed by atoms with van der Waals surface area (Å²) in [4.78, 5) is 4.23. The predicted molar refractivity (Wildman–Crippen MR) is 105 cm³/mol. The zero-order chi connectivity index (χ0) is 15.8. The third kappa shape index (κ3) is 6.10. The van der Waals surface area contributed by atoms with Crippen molar-refractivity contribution in [1.29, 1.82) is 0 Å². The van der Waals surface area contributed by atoms with Gasteiger partial charge in [0.15, 0.2) is 5.96 Å². The molecule has 1 aliphatic heterocycles. The van der Waals surface area contributed by atoms with Crippen LogP contribution in [-0.2, 0) is 11.3 Å². The van der Waals surface area contributed by atoms with Crippen molar-refractivity contribution in [2.75, 3.05) is 33.4 Å². The number of rotatable bonds is 6. The number of hydrogen-bond donors (Lipinski definition) is 3. The van der Waals surface area contributed by atoms with Crippen molar-refractivity contribution in [1.82, 2.24) is 10.6 Å². The fourth-order valence-corrected chi connectivity index (χ4v) is 2.83. The zero-order valence-corrected chi connectivity index (χ0v) is 16.4. The second kappa shape index (κ2) is 10.3. The molecule has 1 fully saturated rings. The van der Waals surface area contributed by atoms with Gasteiger partial charge in [0.2, 0.25) is 0 Å². The Morgan fingerprint density at radius 1 is 1.39 bits per heavy atom. The highest BCUT2D eigenvalue weighted by Crippen LogP contribution is 2.31. The Morgan fingerprint density at radius 2 is 2.17 bits per heavy atom. The first-order valence-electron chi connectivity index (χ1n) is 7.56. The fraction of sp³-hybridized carbons (Fsp3) is 0.562. The fourth-order valence-electron chi connectivity index (χ4n) is 2.62. The lowest BCUT2D eigenvalue weighted by atomic mass is 9.84. The summed E-state index contributed by atoms with van der Waals surface area (Å²) in [7, 11) is 1.74. The predicted octanol–water partition coefficient (Wildman–Crippen LogP) is 2.41. The number of halogens is 2. The number of benzene rings is 1. The first kappa shape index (κ1) is 20.5. The third-order valence-corrected chi connectivity index (χ3v) is 4.45. The minimum atomic E-state index is -0.00321. The maximum atomic E-state index is 9.25. The lowest BCUT2D eigenvalue weighted by molar-refractivity contribution is 0.127. The molecule has 23 heavy (non-hydrogen) atoms. The van der Waals surface area contributed by atoms with Crippen LogP contribution in [0.25, 0.3) is 0 Å². The molecule has 0 amide bonds. The van der Waals surface area contributed by atoms with Crippen molar-refractivity contribution >= 4 is 41.5 Å². The van der Waals surface area contributed by atoms with Crippen LogP contribution < -0.4 is 10.6 Å². The van der Waals surface area contributed by atoms with Gasteiger partial charge < -0.3 is 20.5 Å². The van der Waals surface area contributed by atoms with Crippen LogP contribution in [0.5, 0.6) is 0 Å². The van der Waals surface area contributed by atoms with E-state index in [1.54, 1.807) is 7.05 Å². The van der Waals surface area contributed by atoms with E-state index in [2.05, 4.69) is 15.6 Å². The monoisotopic (exact) mass is 453 g/mol. The van der Waals surface area contributed by atoms with Gasteiger partial charge in [-0.1, -0.05) is 29.8 Å². The topological polar surface area (TPSA) is 65.9 Å². The van der Waals surface area contributed by atoms with Gasteiger partial charge in [-0.2, -0.15) is 0 Å². The van der Waals surface area contributed by atoms with Crippen molar-refractivity contribution in [2.24, 2.45) is 10.4 Å². The van der Waals surface area contributed by atoms with E-state index in [0.717, 1.165) is 42.5 Å². The Hall–Kier alpha value is -0.570. The summed E-state index contributed by atoms with van der Waals surface area (Å²) in [5.41, 5.74) is 1.03. The Morgan fingerprint density at radius 3 is 2.78 bits per heavy atom. The zero-order valence-electron chi connectivity index (χ0n) is 13.3. The summed E-state index contributed by atoms with van der Waals surface area (Å²) in [5.74, 6) is 0.726. The van der Waals surface area contributed by atoms with Gasteiger partial charge in [0.1, 0.15) is 0 Å². The Balaban J connectivity index is 0.00000264. The van der Waals surface area contributed by atoms with Crippen LogP contribution >= 0.6 is 35.6 Å². The molecule has 0 aliphatic carbocycles. The first-order chi connectivity index (χ1) is 10.7. The van der Waals surface area contributed by atoms with E-state index in [9.17, 15) is 5.11 Å². The highest BCUT2D eigenvalue weighted by Gasteiger charge is 2.34. The molecule has 3 N–H and O–H groups in total. The lowest BCUT2D eigenvalue weighted by Crippen LogP contribution is -2.44. The second-order valence-corrected chi connectivity index (χ2v) is 6.05. The molecule has 1 aromatic carbocycles. The number of nitrogens with one attached hydrogen (secondary N) is 2. The van der Waals surface area contributed by atoms with E-state index in [0.29, 0.717) is 13.2 Å². The van der Waals surface area contributed by atoms with Gasteiger partial charge in [-0.25, -0.2) is 0 Å². The molecular weight excluding hydrogens is 429 g/mol. The average Bonchev–Trinajstić information content (AvgIpc) is 2.98. The summed E-state index contributed by atoms with van der Waals surface area (Å²) in [5, 5.41) is 16.6. The number of aliphatic hydroxyl groups is 1. The SMILES string of the molecule is CN=C(NCc1ccccc1Cl)NCC1(CCO)CCOC1.I. The summed E-state index contributed by atoms with van der Waals surface area (Å²) < 4.78 is 5.50. The molecule has 1 aliphatic rings. The first-order valence-corrected chi connectivity index (χ1v) is 7.93. The highest BCUT2D eigenvalue weighted by molar-refractivity contribution is 14.0. The van der Waals surface area contributed by atoms with Crippen molar-refractivity contribution in [3.8, 4) is 0 Å². The van der Waals surface area contributed by atoms with Crippen LogP contribution in [0.4, 0.5) is 0 Å². The van der Waals surface area contributed by atoms with Crippen molar-refractivity contribution in [3.63, 3.8) is 0 Å². The van der Waals surface area contributed by atoms with Crippen LogP contribution in [0.2, 0.25) is 5.02 Å². The molecule has 0 aromatic heterocycles. The number of aliphatic imine (C=N–C) groups is 1. The third-order valence-electron chi connectivity index (χ3n) is 4.09. The van der Waals surface area contributed by atoms with Gasteiger partial charge in [-0.15, -0.1) is 24.0 Å². The van der Waals surface area contributed by atoms with Gasteiger partial charge in [-0.3, -0.25) is 4.99 Å². The van der Waals surface area contributed by atoms with Crippen LogP contribution in [0, 0.1) is 5.41 Å². The summed E-state index contributed by atoms with van der Waals surface area (Å²) >= 11 is 6.15. The maximum Gasteiger partial charge on any atom is 0.191 e. The standard InChI is InChI=1S/C16H24ClN3O2.HI/c1-18-15(19-10-13-4-2-3-5-14(13)17)20-11-16(6-8-21)7-9-22-12-16;/h2-5,21H,6-12H2,1H3,(H2,18,19,20);1H. The largest absolute Gasteiger partial charge is 0.396 e. The minimum Gasteiger partial charge on any atom is -0.396 e. The molecule has 0 radical (unpaired) electrons. The number of aliphatic hydroxyl groups excluding tert-OH is 1. The van der Waals surface area contributed by atoms with E-state index in [1.165, 1.54) is 0 Å². The molecule has 0 saturated carbocycles. The summed E-state index contributed by atoms with van der Waals surface area (Å²) in [6, 6.07) is 7.74. The van der Waals surface area contributed by atoms with Crippen molar-refractivity contribution < 1.29 is 9.84 Å². The Labute approximate surface area is 159 Å². The normalized spacial score (nSPS) is 20.9. The molecule has 1 unspecified atom stereocenters. The molecule has 130 valence electrons. The summed E-state index contributed by atoms with van der Waals surface area (Å²) in [6.45, 7) is 2.96. The molecular formula is C16H25ClIN3O2. The van der Waals surface area contributed by atoms with Gasteiger partial charge in [0, 0.05) is 43.8 Å². The number of nitrogens with zero attached hydrogens (tertiary/aromatic N) is 1. The molecule has 1 saturated heterocycles. The van der Waals surface area contributed by atoms with E-state index >= 15 is 0 Å². The van der Waals surface area contributed by atoms with Crippen LogP contribution in [0.1, 0.15) is 18.4 Å². The van der Waals surface area contributed by atoms with Crippen LogP contribution in [-0.4, -0.2) is 44.5 Å². The minimum absolute atomic E-state index is 0. The molecule has 0 bridgehead atoms. The smallest absolute Gasteiger partial charge is 0.191 e. The quantitative estimate of drug-likeness (QED) is 0.352. The van der Waals surface area contributed by atoms with Gasteiger partial charge >= 0.3 is 0 Å². The van der Waals surface area contributed by atoms with Crippen LogP contribution in [0.15, 0.2) is 29.3 Å². The van der Waals surface area contributed by atoms with Gasteiger partial charge in [0.05, 0.1) is 6.61 Å². The Bertz CT molecular complexity index is 508. The molecule has 5 nitrogen and oxygen atoms in total. The molecule has 1 heterocycles. The lowest BCUT2D eigenvalue weighted by Gasteiger charge is -2.27. The Kier molecular flexibility index (Phi) is 9.19. The van der Waals surface area contributed by atoms with Gasteiger partial charge in [-0.05, 0) is 24.5 Å². The number of hydrogen-bond acceptors (Lipinski definition) is 3. The second-order valence-electron chi connectivity index (χ2n) is 5.65. The van der Waals surface area contributed by atoms with Gasteiger partial charge in [0.25, 0.3) is 0 Å². The molecule has 1 atom stereocenters. The van der Waals surface area contributed by atoms with E-state index in [4.69, 9.17) is 16.3 Å². The average molecular weight is 454 g/mol. The van der Waals surface area contributed by atoms with Crippen LogP contribution in [0.3, 0.4) is 0 Å². The highest BCUT2D eigenvalue weighted by atomic mass is 127. The van der Waals surface area contributed by atoms with E-state index in [-0.39, 0.29) is 36.0 Å². The summed E-state index contributed by atoms with van der Waals surface area (Å²) in [6.07, 6.45) is 1.70. The van der Waals surface area contributed by atoms with E-state index in [1.807, 2.05) is 24.3 Å².